The van der Waals surface area contributed by atoms with Crippen molar-refractivity contribution in [2.45, 2.75) is 58.8 Å². The van der Waals surface area contributed by atoms with E-state index in [1.54, 1.807) is 6.92 Å². The summed E-state index contributed by atoms with van der Waals surface area (Å²) in [6.07, 6.45) is 9.41. The van der Waals surface area contributed by atoms with Gasteiger partial charge in [0, 0.05) is 6.42 Å². The number of ketones is 1. The van der Waals surface area contributed by atoms with E-state index in [2.05, 4.69) is 37.8 Å². The Morgan fingerprint density at radius 1 is 1.20 bits per heavy atom. The first-order chi connectivity index (χ1) is 9.56. The molecule has 1 aromatic rings. The molecule has 0 amide bonds. The molecule has 0 aliphatic rings. The highest BCUT2D eigenvalue weighted by molar-refractivity contribution is 5.76. The molecule has 1 aromatic carbocycles. The number of carbonyl (C=O) groups is 1. The standard InChI is InChI=1S/C19H28O/c1-4-5-6-10-14-19(3,16-17(2)20)15-13-18-11-8-7-9-12-18/h4,7-9,11-12H,1,5-6,10,13-16H2,2-3H3/t19-/m0/s1. The van der Waals surface area contributed by atoms with E-state index in [0.29, 0.717) is 12.2 Å². The summed E-state index contributed by atoms with van der Waals surface area (Å²) in [6.45, 7) is 7.75. The minimum atomic E-state index is 0.142. The summed E-state index contributed by atoms with van der Waals surface area (Å²) in [6, 6.07) is 10.6. The SMILES string of the molecule is C=CCCCC[C@@](C)(CCc1ccccc1)CC(C)=O. The molecule has 0 heterocycles. The third-order valence-electron chi connectivity index (χ3n) is 3.97. The van der Waals surface area contributed by atoms with Gasteiger partial charge in [0.15, 0.2) is 0 Å². The number of carbonyl (C=O) groups excluding carboxylic acids is 1. The van der Waals surface area contributed by atoms with Gasteiger partial charge in [0.1, 0.15) is 5.78 Å². The number of aryl methyl sites for hydroxylation is 1. The molecule has 1 rings (SSSR count). The second kappa shape index (κ2) is 8.73. The Balaban J connectivity index is 2.53. The predicted molar refractivity (Wildman–Crippen MR) is 86.8 cm³/mol. The van der Waals surface area contributed by atoms with Crippen molar-refractivity contribution in [2.75, 3.05) is 0 Å². The van der Waals surface area contributed by atoms with Gasteiger partial charge in [-0.1, -0.05) is 49.8 Å². The molecular formula is C19H28O. The van der Waals surface area contributed by atoms with Crippen molar-refractivity contribution in [1.29, 1.82) is 0 Å². The highest BCUT2D eigenvalue weighted by Gasteiger charge is 2.25. The van der Waals surface area contributed by atoms with E-state index in [1.165, 1.54) is 18.4 Å². The van der Waals surface area contributed by atoms with E-state index < -0.39 is 0 Å². The molecule has 0 saturated heterocycles. The molecule has 0 fully saturated rings. The van der Waals surface area contributed by atoms with Crippen LogP contribution in [0, 0.1) is 5.41 Å². The predicted octanol–water partition coefficient (Wildman–Crippen LogP) is 5.35. The zero-order chi connectivity index (χ0) is 14.8. The summed E-state index contributed by atoms with van der Waals surface area (Å²) in [5, 5.41) is 0. The number of hydrogen-bond acceptors (Lipinski definition) is 1. The van der Waals surface area contributed by atoms with Crippen LogP contribution in [0.25, 0.3) is 0 Å². The molecule has 1 heteroatoms. The molecule has 0 bridgehead atoms. The van der Waals surface area contributed by atoms with Gasteiger partial charge in [-0.2, -0.15) is 0 Å². The lowest BCUT2D eigenvalue weighted by atomic mass is 9.76. The fraction of sp³-hybridized carbons (Fsp3) is 0.526. The van der Waals surface area contributed by atoms with Gasteiger partial charge in [0.25, 0.3) is 0 Å². The van der Waals surface area contributed by atoms with Crippen LogP contribution in [0.2, 0.25) is 0 Å². The topological polar surface area (TPSA) is 17.1 Å². The van der Waals surface area contributed by atoms with Crippen LogP contribution in [0.4, 0.5) is 0 Å². The Morgan fingerprint density at radius 3 is 2.50 bits per heavy atom. The Kier molecular flexibility index (Phi) is 7.28. The Hall–Kier alpha value is -1.37. The average Bonchev–Trinajstić information content (AvgIpc) is 2.42. The molecular weight excluding hydrogens is 244 g/mol. The molecule has 1 nitrogen and oxygen atoms in total. The smallest absolute Gasteiger partial charge is 0.130 e. The van der Waals surface area contributed by atoms with Crippen LogP contribution < -0.4 is 0 Å². The largest absolute Gasteiger partial charge is 0.300 e. The quantitative estimate of drug-likeness (QED) is 0.414. The monoisotopic (exact) mass is 272 g/mol. The minimum Gasteiger partial charge on any atom is -0.300 e. The molecule has 20 heavy (non-hydrogen) atoms. The van der Waals surface area contributed by atoms with Crippen molar-refractivity contribution in [2.24, 2.45) is 5.41 Å². The van der Waals surface area contributed by atoms with E-state index in [4.69, 9.17) is 0 Å². The van der Waals surface area contributed by atoms with Crippen molar-refractivity contribution in [3.8, 4) is 0 Å². The fourth-order valence-corrected chi connectivity index (χ4v) is 2.83. The minimum absolute atomic E-state index is 0.142. The molecule has 1 atom stereocenters. The van der Waals surface area contributed by atoms with Crippen LogP contribution in [-0.2, 0) is 11.2 Å². The molecule has 0 radical (unpaired) electrons. The molecule has 0 aromatic heterocycles. The summed E-state index contributed by atoms with van der Waals surface area (Å²) >= 11 is 0. The molecule has 0 unspecified atom stereocenters. The maximum Gasteiger partial charge on any atom is 0.130 e. The van der Waals surface area contributed by atoms with Crippen molar-refractivity contribution in [1.82, 2.24) is 0 Å². The van der Waals surface area contributed by atoms with Crippen molar-refractivity contribution >= 4 is 5.78 Å². The van der Waals surface area contributed by atoms with Gasteiger partial charge < -0.3 is 4.79 Å². The molecule has 0 aliphatic heterocycles. The third kappa shape index (κ3) is 6.70. The normalized spacial score (nSPS) is 13.7. The first-order valence-electron chi connectivity index (χ1n) is 7.70. The van der Waals surface area contributed by atoms with E-state index >= 15 is 0 Å². The van der Waals surface area contributed by atoms with Crippen LogP contribution in [0.1, 0.15) is 57.9 Å². The Labute approximate surface area is 124 Å². The second-order valence-electron chi connectivity index (χ2n) is 6.21. The number of hydrogen-bond donors (Lipinski definition) is 0. The number of rotatable bonds is 10. The summed E-state index contributed by atoms with van der Waals surface area (Å²) in [5.41, 5.74) is 1.51. The average molecular weight is 272 g/mol. The molecule has 0 aliphatic carbocycles. The van der Waals surface area contributed by atoms with Gasteiger partial charge in [-0.3, -0.25) is 0 Å². The summed E-state index contributed by atoms with van der Waals surface area (Å²) in [4.78, 5) is 11.5. The summed E-state index contributed by atoms with van der Waals surface area (Å²) in [7, 11) is 0. The van der Waals surface area contributed by atoms with E-state index in [9.17, 15) is 4.79 Å². The van der Waals surface area contributed by atoms with Gasteiger partial charge in [-0.15, -0.1) is 6.58 Å². The molecule has 0 spiro atoms. The van der Waals surface area contributed by atoms with Crippen LogP contribution in [-0.4, -0.2) is 5.78 Å². The lowest BCUT2D eigenvalue weighted by molar-refractivity contribution is -0.119. The fourth-order valence-electron chi connectivity index (χ4n) is 2.83. The highest BCUT2D eigenvalue weighted by Crippen LogP contribution is 2.34. The van der Waals surface area contributed by atoms with E-state index in [1.807, 2.05) is 12.1 Å². The molecule has 110 valence electrons. The Bertz CT molecular complexity index is 407. The molecule has 0 N–H and O–H groups in total. The van der Waals surface area contributed by atoms with Crippen molar-refractivity contribution < 1.29 is 4.79 Å². The number of benzene rings is 1. The van der Waals surface area contributed by atoms with Gasteiger partial charge in [0.05, 0.1) is 0 Å². The number of Topliss-reactive ketones (excluding diaryl/α,β-unsaturated/α-hetero) is 1. The summed E-state index contributed by atoms with van der Waals surface area (Å²) < 4.78 is 0. The summed E-state index contributed by atoms with van der Waals surface area (Å²) in [5.74, 6) is 0.310. The first-order valence-corrected chi connectivity index (χ1v) is 7.70. The van der Waals surface area contributed by atoms with Crippen LogP contribution in [0.15, 0.2) is 43.0 Å². The van der Waals surface area contributed by atoms with E-state index in [-0.39, 0.29) is 5.41 Å². The molecule has 0 saturated carbocycles. The zero-order valence-corrected chi connectivity index (χ0v) is 13.0. The van der Waals surface area contributed by atoms with Crippen LogP contribution in [0.3, 0.4) is 0 Å². The maximum absolute atomic E-state index is 11.5. The maximum atomic E-state index is 11.5. The third-order valence-corrected chi connectivity index (χ3v) is 3.97. The van der Waals surface area contributed by atoms with E-state index in [0.717, 1.165) is 25.7 Å². The highest BCUT2D eigenvalue weighted by atomic mass is 16.1. The lowest BCUT2D eigenvalue weighted by Gasteiger charge is -2.29. The Morgan fingerprint density at radius 2 is 1.90 bits per heavy atom. The van der Waals surface area contributed by atoms with Crippen molar-refractivity contribution in [3.05, 3.63) is 48.6 Å². The van der Waals surface area contributed by atoms with Gasteiger partial charge in [-0.05, 0) is 50.0 Å². The van der Waals surface area contributed by atoms with Gasteiger partial charge in [-0.25, -0.2) is 0 Å². The van der Waals surface area contributed by atoms with Gasteiger partial charge in [0.2, 0.25) is 0 Å². The van der Waals surface area contributed by atoms with Crippen LogP contribution in [0.5, 0.6) is 0 Å². The van der Waals surface area contributed by atoms with Gasteiger partial charge >= 0.3 is 0 Å². The van der Waals surface area contributed by atoms with Crippen LogP contribution >= 0.6 is 0 Å². The lowest BCUT2D eigenvalue weighted by Crippen LogP contribution is -2.21. The van der Waals surface area contributed by atoms with Crippen molar-refractivity contribution in [3.63, 3.8) is 0 Å². The number of unbranched alkanes of at least 4 members (excludes halogenated alkanes) is 2. The zero-order valence-electron chi connectivity index (χ0n) is 13.0. The number of allylic oxidation sites excluding steroid dienone is 1. The second-order valence-corrected chi connectivity index (χ2v) is 6.21. The first kappa shape index (κ1) is 16.7.